The first kappa shape index (κ1) is 10.3. The number of Topliss-reactive ketones (excluding diaryl/α,β-unsaturated/α-hetero) is 1. The Bertz CT molecular complexity index is 522. The summed E-state index contributed by atoms with van der Waals surface area (Å²) in [5.74, 6) is 0.832. The predicted molar refractivity (Wildman–Crippen MR) is 62.2 cm³/mol. The molecule has 0 aromatic heterocycles. The molecule has 0 bridgehead atoms. The van der Waals surface area contributed by atoms with Crippen molar-refractivity contribution < 1.29 is 14.3 Å². The zero-order valence-corrected chi connectivity index (χ0v) is 9.58. The first-order valence-electron chi connectivity index (χ1n) is 5.78. The Kier molecular flexibility index (Phi) is 2.18. The van der Waals surface area contributed by atoms with E-state index in [0.717, 1.165) is 17.5 Å². The van der Waals surface area contributed by atoms with Crippen molar-refractivity contribution in [2.24, 2.45) is 0 Å². The van der Waals surface area contributed by atoms with Crippen molar-refractivity contribution in [3.8, 4) is 5.75 Å². The number of nitrogens with one attached hydrogen (secondary N) is 1. The third-order valence-electron chi connectivity index (χ3n) is 3.29. The molecule has 1 amide bonds. The Morgan fingerprint density at radius 1 is 1.24 bits per heavy atom. The highest BCUT2D eigenvalue weighted by atomic mass is 16.5. The van der Waals surface area contributed by atoms with E-state index in [9.17, 15) is 9.59 Å². The Labute approximate surface area is 99.0 Å². The Morgan fingerprint density at radius 2 is 2.06 bits per heavy atom. The zero-order valence-electron chi connectivity index (χ0n) is 9.58. The van der Waals surface area contributed by atoms with E-state index in [1.54, 1.807) is 6.92 Å². The molecule has 88 valence electrons. The average molecular weight is 231 g/mol. The molecular weight excluding hydrogens is 218 g/mol. The number of anilines is 1. The number of benzene rings is 1. The molecule has 0 fully saturated rings. The lowest BCUT2D eigenvalue weighted by molar-refractivity contribution is -0.122. The number of aryl methyl sites for hydroxylation is 1. The van der Waals surface area contributed by atoms with E-state index < -0.39 is 6.10 Å². The minimum Gasteiger partial charge on any atom is -0.479 e. The van der Waals surface area contributed by atoms with E-state index in [2.05, 4.69) is 5.32 Å². The number of hydrogen-bond donors (Lipinski definition) is 1. The SMILES string of the molecule is CC1Oc2cc3c(cc2NC1=O)CC(=O)CC3. The standard InChI is InChI=1S/C13H13NO3/c1-7-13(16)14-11-5-9-4-10(15)3-2-8(9)6-12(11)17-7/h5-7H,2-4H2,1H3,(H,14,16). The van der Waals surface area contributed by atoms with Gasteiger partial charge in [-0.15, -0.1) is 0 Å². The molecular formula is C13H13NO3. The normalized spacial score (nSPS) is 22.3. The fourth-order valence-electron chi connectivity index (χ4n) is 2.31. The van der Waals surface area contributed by atoms with Crippen LogP contribution in [0.4, 0.5) is 5.69 Å². The van der Waals surface area contributed by atoms with Crippen molar-refractivity contribution in [2.75, 3.05) is 5.32 Å². The van der Waals surface area contributed by atoms with Gasteiger partial charge in [-0.2, -0.15) is 0 Å². The summed E-state index contributed by atoms with van der Waals surface area (Å²) >= 11 is 0. The fraction of sp³-hybridized carbons (Fsp3) is 0.385. The molecule has 1 aromatic carbocycles. The number of carbonyl (C=O) groups is 2. The summed E-state index contributed by atoms with van der Waals surface area (Å²) in [7, 11) is 0. The molecule has 0 spiro atoms. The molecule has 1 atom stereocenters. The smallest absolute Gasteiger partial charge is 0.265 e. The molecule has 1 aromatic rings. The zero-order chi connectivity index (χ0) is 12.0. The minimum atomic E-state index is -0.453. The first-order chi connectivity index (χ1) is 8.13. The van der Waals surface area contributed by atoms with Crippen LogP contribution in [0.5, 0.6) is 5.75 Å². The minimum absolute atomic E-state index is 0.139. The molecule has 1 aliphatic carbocycles. The van der Waals surface area contributed by atoms with Crippen LogP contribution in [0.3, 0.4) is 0 Å². The third kappa shape index (κ3) is 1.69. The van der Waals surface area contributed by atoms with Gasteiger partial charge < -0.3 is 10.1 Å². The van der Waals surface area contributed by atoms with Crippen LogP contribution >= 0.6 is 0 Å². The van der Waals surface area contributed by atoms with E-state index in [-0.39, 0.29) is 11.7 Å². The van der Waals surface area contributed by atoms with Gasteiger partial charge in [0.1, 0.15) is 11.5 Å². The van der Waals surface area contributed by atoms with Crippen molar-refractivity contribution in [2.45, 2.75) is 32.3 Å². The molecule has 2 aliphatic rings. The number of fused-ring (bicyclic) bond motifs is 2. The van der Waals surface area contributed by atoms with Crippen LogP contribution in [0.1, 0.15) is 24.5 Å². The highest BCUT2D eigenvalue weighted by Crippen LogP contribution is 2.34. The van der Waals surface area contributed by atoms with Crippen molar-refractivity contribution in [3.05, 3.63) is 23.3 Å². The van der Waals surface area contributed by atoms with Gasteiger partial charge in [-0.1, -0.05) is 0 Å². The van der Waals surface area contributed by atoms with Crippen LogP contribution in [-0.4, -0.2) is 17.8 Å². The molecule has 1 unspecified atom stereocenters. The lowest BCUT2D eigenvalue weighted by Gasteiger charge is -2.26. The van der Waals surface area contributed by atoms with Crippen LogP contribution in [0.15, 0.2) is 12.1 Å². The summed E-state index contributed by atoms with van der Waals surface area (Å²) in [5, 5.41) is 2.80. The molecule has 1 N–H and O–H groups in total. The van der Waals surface area contributed by atoms with E-state index >= 15 is 0 Å². The number of ether oxygens (including phenoxy) is 1. The van der Waals surface area contributed by atoms with Crippen LogP contribution in [0.25, 0.3) is 0 Å². The maximum Gasteiger partial charge on any atom is 0.265 e. The van der Waals surface area contributed by atoms with Gasteiger partial charge in [-0.3, -0.25) is 9.59 Å². The molecule has 4 nitrogen and oxygen atoms in total. The monoisotopic (exact) mass is 231 g/mol. The van der Waals surface area contributed by atoms with Crippen LogP contribution in [0.2, 0.25) is 0 Å². The van der Waals surface area contributed by atoms with Gasteiger partial charge in [-0.05, 0) is 36.6 Å². The molecule has 0 saturated heterocycles. The molecule has 4 heteroatoms. The van der Waals surface area contributed by atoms with Crippen molar-refractivity contribution in [1.29, 1.82) is 0 Å². The van der Waals surface area contributed by atoms with Gasteiger partial charge in [0.25, 0.3) is 5.91 Å². The van der Waals surface area contributed by atoms with Crippen molar-refractivity contribution in [1.82, 2.24) is 0 Å². The predicted octanol–water partition coefficient (Wildman–Crippen LogP) is 1.46. The molecule has 3 rings (SSSR count). The van der Waals surface area contributed by atoms with Crippen molar-refractivity contribution >= 4 is 17.4 Å². The number of ketones is 1. The maximum atomic E-state index is 11.5. The molecule has 17 heavy (non-hydrogen) atoms. The van der Waals surface area contributed by atoms with Crippen LogP contribution in [0, 0.1) is 0 Å². The van der Waals surface area contributed by atoms with Crippen LogP contribution in [-0.2, 0) is 22.4 Å². The first-order valence-corrected chi connectivity index (χ1v) is 5.78. The average Bonchev–Trinajstić information content (AvgIpc) is 2.28. The van der Waals surface area contributed by atoms with Crippen LogP contribution < -0.4 is 10.1 Å². The Morgan fingerprint density at radius 3 is 2.88 bits per heavy atom. The summed E-state index contributed by atoms with van der Waals surface area (Å²) < 4.78 is 5.54. The quantitative estimate of drug-likeness (QED) is 0.735. The summed E-state index contributed by atoms with van der Waals surface area (Å²) in [6.07, 6.45) is 1.39. The summed E-state index contributed by atoms with van der Waals surface area (Å²) in [4.78, 5) is 22.9. The Balaban J connectivity index is 2.04. The van der Waals surface area contributed by atoms with Gasteiger partial charge >= 0.3 is 0 Å². The number of hydrogen-bond acceptors (Lipinski definition) is 3. The lowest BCUT2D eigenvalue weighted by Crippen LogP contribution is -2.34. The van der Waals surface area contributed by atoms with E-state index in [0.29, 0.717) is 24.3 Å². The number of carbonyl (C=O) groups excluding carboxylic acids is 2. The highest BCUT2D eigenvalue weighted by molar-refractivity contribution is 5.98. The number of amides is 1. The van der Waals surface area contributed by atoms with Gasteiger partial charge in [-0.25, -0.2) is 0 Å². The van der Waals surface area contributed by atoms with Gasteiger partial charge in [0.05, 0.1) is 5.69 Å². The van der Waals surface area contributed by atoms with Crippen molar-refractivity contribution in [3.63, 3.8) is 0 Å². The largest absolute Gasteiger partial charge is 0.479 e. The van der Waals surface area contributed by atoms with Gasteiger partial charge in [0, 0.05) is 12.8 Å². The maximum absolute atomic E-state index is 11.5. The third-order valence-corrected chi connectivity index (χ3v) is 3.29. The summed E-state index contributed by atoms with van der Waals surface area (Å²) in [5.41, 5.74) is 2.85. The molecule has 1 aliphatic heterocycles. The highest BCUT2D eigenvalue weighted by Gasteiger charge is 2.26. The summed E-state index contributed by atoms with van der Waals surface area (Å²) in [6.45, 7) is 1.72. The van der Waals surface area contributed by atoms with Gasteiger partial charge in [0.15, 0.2) is 6.10 Å². The van der Waals surface area contributed by atoms with E-state index in [1.165, 1.54) is 0 Å². The Hall–Kier alpha value is -1.84. The van der Waals surface area contributed by atoms with E-state index in [4.69, 9.17) is 4.74 Å². The summed E-state index contributed by atoms with van der Waals surface area (Å²) in [6, 6.07) is 3.82. The second kappa shape index (κ2) is 3.58. The molecule has 0 radical (unpaired) electrons. The fourth-order valence-corrected chi connectivity index (χ4v) is 2.31. The van der Waals surface area contributed by atoms with E-state index in [1.807, 2.05) is 12.1 Å². The lowest BCUT2D eigenvalue weighted by atomic mass is 9.90. The van der Waals surface area contributed by atoms with Gasteiger partial charge in [0.2, 0.25) is 0 Å². The molecule has 1 heterocycles. The number of rotatable bonds is 0. The second-order valence-electron chi connectivity index (χ2n) is 4.58. The topological polar surface area (TPSA) is 55.4 Å². The second-order valence-corrected chi connectivity index (χ2v) is 4.58. The molecule has 0 saturated carbocycles.